The van der Waals surface area contributed by atoms with E-state index < -0.39 is 35.8 Å². The number of H-pyrrole nitrogens is 1. The number of carbonyl (C=O) groups is 1. The average molecular weight is 379 g/mol. The molecule has 0 fully saturated rings. The Morgan fingerprint density at radius 3 is 2.48 bits per heavy atom. The van der Waals surface area contributed by atoms with E-state index in [2.05, 4.69) is 15.0 Å². The molecule has 0 bridgehead atoms. The van der Waals surface area contributed by atoms with Crippen molar-refractivity contribution in [1.82, 2.24) is 9.55 Å². The SMILES string of the molecule is O=C(Cn1c(=O)[nH]c2ccccc2c1=O)Nc1ccccc1OC(F)(F)F. The molecule has 0 aliphatic carbocycles. The van der Waals surface area contributed by atoms with Gasteiger partial charge in [0.2, 0.25) is 5.91 Å². The maximum atomic E-state index is 12.4. The van der Waals surface area contributed by atoms with Gasteiger partial charge in [-0.1, -0.05) is 24.3 Å². The van der Waals surface area contributed by atoms with Crippen molar-refractivity contribution < 1.29 is 22.7 Å². The van der Waals surface area contributed by atoms with E-state index >= 15 is 0 Å². The Balaban J connectivity index is 1.87. The average Bonchev–Trinajstić information content (AvgIpc) is 2.59. The number of benzene rings is 2. The van der Waals surface area contributed by atoms with Crippen molar-refractivity contribution in [1.29, 1.82) is 0 Å². The minimum Gasteiger partial charge on any atom is -0.404 e. The minimum absolute atomic E-state index is 0.200. The molecule has 0 atom stereocenters. The van der Waals surface area contributed by atoms with Crippen LogP contribution in [0.2, 0.25) is 0 Å². The van der Waals surface area contributed by atoms with E-state index in [1.165, 1.54) is 30.3 Å². The Hall–Kier alpha value is -3.56. The monoisotopic (exact) mass is 379 g/mol. The Labute approximate surface area is 149 Å². The van der Waals surface area contributed by atoms with Crippen LogP contribution in [0, 0.1) is 0 Å². The highest BCUT2D eigenvalue weighted by molar-refractivity contribution is 5.92. The Kier molecular flexibility index (Phi) is 4.72. The van der Waals surface area contributed by atoms with Crippen molar-refractivity contribution in [2.45, 2.75) is 12.9 Å². The van der Waals surface area contributed by atoms with Gasteiger partial charge in [0.15, 0.2) is 5.75 Å². The van der Waals surface area contributed by atoms with Crippen LogP contribution in [0.1, 0.15) is 0 Å². The van der Waals surface area contributed by atoms with Crippen LogP contribution in [-0.2, 0) is 11.3 Å². The van der Waals surface area contributed by atoms with Gasteiger partial charge in [0.05, 0.1) is 16.6 Å². The lowest BCUT2D eigenvalue weighted by molar-refractivity contribution is -0.274. The van der Waals surface area contributed by atoms with Crippen LogP contribution in [-0.4, -0.2) is 21.8 Å². The topological polar surface area (TPSA) is 93.2 Å². The second-order valence-corrected chi connectivity index (χ2v) is 5.46. The highest BCUT2D eigenvalue weighted by Gasteiger charge is 2.32. The van der Waals surface area contributed by atoms with Gasteiger partial charge in [0, 0.05) is 0 Å². The summed E-state index contributed by atoms with van der Waals surface area (Å²) in [5, 5.41) is 2.41. The van der Waals surface area contributed by atoms with Crippen LogP contribution >= 0.6 is 0 Å². The van der Waals surface area contributed by atoms with E-state index in [9.17, 15) is 27.6 Å². The summed E-state index contributed by atoms with van der Waals surface area (Å²) in [7, 11) is 0. The van der Waals surface area contributed by atoms with E-state index in [0.29, 0.717) is 10.1 Å². The lowest BCUT2D eigenvalue weighted by Crippen LogP contribution is -2.38. The van der Waals surface area contributed by atoms with Gasteiger partial charge in [-0.25, -0.2) is 4.79 Å². The quantitative estimate of drug-likeness (QED) is 0.727. The van der Waals surface area contributed by atoms with Crippen LogP contribution < -0.4 is 21.3 Å². The predicted octanol–water partition coefficient (Wildman–Crippen LogP) is 2.23. The van der Waals surface area contributed by atoms with Crippen LogP contribution in [0.3, 0.4) is 0 Å². The zero-order valence-corrected chi connectivity index (χ0v) is 13.5. The summed E-state index contributed by atoms with van der Waals surface area (Å²) < 4.78 is 41.8. The Bertz CT molecular complexity index is 1120. The lowest BCUT2D eigenvalue weighted by Gasteiger charge is -2.14. The number of nitrogens with zero attached hydrogens (tertiary/aromatic N) is 1. The number of amides is 1. The number of para-hydroxylation sites is 3. The molecular weight excluding hydrogens is 367 g/mol. The maximum Gasteiger partial charge on any atom is 0.573 e. The van der Waals surface area contributed by atoms with Gasteiger partial charge in [-0.2, -0.15) is 0 Å². The molecule has 2 N–H and O–H groups in total. The zero-order chi connectivity index (χ0) is 19.6. The van der Waals surface area contributed by atoms with Crippen LogP contribution in [0.5, 0.6) is 5.75 Å². The lowest BCUT2D eigenvalue weighted by atomic mass is 10.2. The molecule has 0 aliphatic rings. The smallest absolute Gasteiger partial charge is 0.404 e. The standard InChI is InChI=1S/C17H12F3N3O4/c18-17(19,20)27-13-8-4-3-7-12(13)21-14(24)9-23-15(25)10-5-1-2-6-11(10)22-16(23)26/h1-8H,9H2,(H,21,24)(H,22,26). The predicted molar refractivity (Wildman–Crippen MR) is 90.6 cm³/mol. The summed E-state index contributed by atoms with van der Waals surface area (Å²) in [4.78, 5) is 39.1. The molecule has 140 valence electrons. The van der Waals surface area contributed by atoms with E-state index in [1.807, 2.05) is 0 Å². The summed E-state index contributed by atoms with van der Waals surface area (Å²) in [6, 6.07) is 11.2. The molecule has 0 saturated heterocycles. The second-order valence-electron chi connectivity index (χ2n) is 5.46. The van der Waals surface area contributed by atoms with Crippen LogP contribution in [0.4, 0.5) is 18.9 Å². The number of alkyl halides is 3. The van der Waals surface area contributed by atoms with E-state index in [1.54, 1.807) is 12.1 Å². The fraction of sp³-hybridized carbons (Fsp3) is 0.118. The first-order chi connectivity index (χ1) is 12.7. The van der Waals surface area contributed by atoms with Crippen molar-refractivity contribution in [3.63, 3.8) is 0 Å². The molecule has 0 spiro atoms. The third kappa shape index (κ3) is 4.17. The second kappa shape index (κ2) is 6.98. The number of aromatic amines is 1. The fourth-order valence-corrected chi connectivity index (χ4v) is 2.46. The third-order valence-corrected chi connectivity index (χ3v) is 3.58. The number of anilines is 1. The molecule has 0 unspecified atom stereocenters. The van der Waals surface area contributed by atoms with Crippen molar-refractivity contribution >= 4 is 22.5 Å². The van der Waals surface area contributed by atoms with Gasteiger partial charge in [-0.3, -0.25) is 14.2 Å². The highest BCUT2D eigenvalue weighted by Crippen LogP contribution is 2.29. The molecule has 3 aromatic rings. The highest BCUT2D eigenvalue weighted by atomic mass is 19.4. The zero-order valence-electron chi connectivity index (χ0n) is 13.5. The summed E-state index contributed by atoms with van der Waals surface area (Å²) in [6.07, 6.45) is -4.94. The minimum atomic E-state index is -4.94. The molecule has 27 heavy (non-hydrogen) atoms. The molecule has 1 heterocycles. The molecule has 0 radical (unpaired) electrons. The number of rotatable bonds is 4. The van der Waals surface area contributed by atoms with Crippen molar-refractivity contribution in [2.75, 3.05) is 5.32 Å². The number of hydrogen-bond donors (Lipinski definition) is 2. The molecule has 1 aromatic heterocycles. The first kappa shape index (κ1) is 18.2. The number of fused-ring (bicyclic) bond motifs is 1. The number of nitrogens with one attached hydrogen (secondary N) is 2. The first-order valence-corrected chi connectivity index (χ1v) is 7.61. The molecular formula is C17H12F3N3O4. The molecule has 0 saturated carbocycles. The van der Waals surface area contributed by atoms with Crippen LogP contribution in [0.25, 0.3) is 10.9 Å². The number of hydrogen-bond acceptors (Lipinski definition) is 4. The number of carbonyl (C=O) groups excluding carboxylic acids is 1. The van der Waals surface area contributed by atoms with Gasteiger partial charge in [0.25, 0.3) is 5.56 Å². The molecule has 10 heteroatoms. The number of ether oxygens (including phenoxy) is 1. The van der Waals surface area contributed by atoms with Gasteiger partial charge in [0.1, 0.15) is 6.54 Å². The summed E-state index contributed by atoms with van der Waals surface area (Å²) >= 11 is 0. The fourth-order valence-electron chi connectivity index (χ4n) is 2.46. The maximum absolute atomic E-state index is 12.4. The van der Waals surface area contributed by atoms with Gasteiger partial charge < -0.3 is 15.0 Å². The number of halogens is 3. The van der Waals surface area contributed by atoms with Crippen molar-refractivity contribution in [2.24, 2.45) is 0 Å². The van der Waals surface area contributed by atoms with E-state index in [0.717, 1.165) is 6.07 Å². The van der Waals surface area contributed by atoms with E-state index in [-0.39, 0.29) is 11.1 Å². The van der Waals surface area contributed by atoms with Gasteiger partial charge in [-0.15, -0.1) is 13.2 Å². The summed E-state index contributed by atoms with van der Waals surface area (Å²) in [5.74, 6) is -1.48. The first-order valence-electron chi connectivity index (χ1n) is 7.61. The Morgan fingerprint density at radius 2 is 1.74 bits per heavy atom. The molecule has 7 nitrogen and oxygen atoms in total. The third-order valence-electron chi connectivity index (χ3n) is 3.58. The number of aromatic nitrogens is 2. The van der Waals surface area contributed by atoms with E-state index in [4.69, 9.17) is 0 Å². The summed E-state index contributed by atoms with van der Waals surface area (Å²) in [5.41, 5.74) is -1.43. The largest absolute Gasteiger partial charge is 0.573 e. The summed E-state index contributed by atoms with van der Waals surface area (Å²) in [6.45, 7) is -0.681. The van der Waals surface area contributed by atoms with Crippen molar-refractivity contribution in [3.05, 3.63) is 69.4 Å². The van der Waals surface area contributed by atoms with Gasteiger partial charge in [-0.05, 0) is 24.3 Å². The Morgan fingerprint density at radius 1 is 1.07 bits per heavy atom. The van der Waals surface area contributed by atoms with Crippen LogP contribution in [0.15, 0.2) is 58.1 Å². The molecule has 3 rings (SSSR count). The molecule has 2 aromatic carbocycles. The van der Waals surface area contributed by atoms with Gasteiger partial charge >= 0.3 is 12.1 Å². The molecule has 1 amide bonds. The molecule has 0 aliphatic heterocycles. The normalized spacial score (nSPS) is 11.4. The van der Waals surface area contributed by atoms with Crippen molar-refractivity contribution in [3.8, 4) is 5.75 Å².